The van der Waals surface area contributed by atoms with Gasteiger partial charge in [-0.2, -0.15) is 0 Å². The van der Waals surface area contributed by atoms with Gasteiger partial charge < -0.3 is 15.3 Å². The van der Waals surface area contributed by atoms with Gasteiger partial charge in [0, 0.05) is 11.6 Å². The summed E-state index contributed by atoms with van der Waals surface area (Å²) in [5.41, 5.74) is 0.0814. The molecular weight excluding hydrogens is 256 g/mol. The van der Waals surface area contributed by atoms with Crippen LogP contribution in [-0.2, 0) is 0 Å². The summed E-state index contributed by atoms with van der Waals surface area (Å²) < 4.78 is 0. The Morgan fingerprint density at radius 2 is 1.50 bits per heavy atom. The fourth-order valence-electron chi connectivity index (χ4n) is 1.54. The molecule has 0 heterocycles. The van der Waals surface area contributed by atoms with Crippen LogP contribution in [0.4, 0.5) is 0 Å². The van der Waals surface area contributed by atoms with E-state index in [9.17, 15) is 20.1 Å². The molecule has 0 aliphatic heterocycles. The highest BCUT2D eigenvalue weighted by molar-refractivity contribution is 6.35. The van der Waals surface area contributed by atoms with Gasteiger partial charge in [0.2, 0.25) is 0 Å². The minimum Gasteiger partial charge on any atom is -0.507 e. The van der Waals surface area contributed by atoms with Crippen molar-refractivity contribution < 1.29 is 20.1 Å². The monoisotopic (exact) mass is 264 g/mol. The first-order chi connectivity index (χ1) is 8.50. The van der Waals surface area contributed by atoms with Crippen LogP contribution in [0.3, 0.4) is 0 Å². The van der Waals surface area contributed by atoms with Gasteiger partial charge >= 0.3 is 0 Å². The molecule has 0 aliphatic rings. The molecule has 2 aromatic rings. The first kappa shape index (κ1) is 12.3. The van der Waals surface area contributed by atoms with Crippen LogP contribution in [0, 0.1) is 0 Å². The van der Waals surface area contributed by atoms with Crippen molar-refractivity contribution in [3.63, 3.8) is 0 Å². The summed E-state index contributed by atoms with van der Waals surface area (Å²) in [5.74, 6) is -1.94. The molecule has 0 spiro atoms. The summed E-state index contributed by atoms with van der Waals surface area (Å²) in [6, 6.07) is 8.26. The summed E-state index contributed by atoms with van der Waals surface area (Å²) in [4.78, 5) is 12.1. The summed E-state index contributed by atoms with van der Waals surface area (Å²) in [6.07, 6.45) is 0. The molecule has 2 aromatic carbocycles. The van der Waals surface area contributed by atoms with Crippen LogP contribution >= 0.6 is 11.6 Å². The maximum Gasteiger partial charge on any atom is 0.198 e. The van der Waals surface area contributed by atoms with Gasteiger partial charge in [0.15, 0.2) is 17.3 Å². The summed E-state index contributed by atoms with van der Waals surface area (Å²) in [5, 5.41) is 28.4. The maximum atomic E-state index is 12.1. The second-order valence-electron chi connectivity index (χ2n) is 3.67. The number of phenols is 3. The third-order valence-electron chi connectivity index (χ3n) is 2.46. The van der Waals surface area contributed by atoms with Gasteiger partial charge in [-0.3, -0.25) is 4.79 Å². The van der Waals surface area contributed by atoms with Crippen LogP contribution < -0.4 is 0 Å². The lowest BCUT2D eigenvalue weighted by molar-refractivity contribution is 0.103. The standard InChI is InChI=1S/C13H9ClO4/c14-9-4-2-1-3-7(9)13(18)8-5-11(16)12(17)6-10(8)15/h1-6,15-17H. The van der Waals surface area contributed by atoms with Crippen molar-refractivity contribution in [2.45, 2.75) is 0 Å². The molecule has 2 rings (SSSR count). The van der Waals surface area contributed by atoms with E-state index in [1.54, 1.807) is 18.2 Å². The molecule has 18 heavy (non-hydrogen) atoms. The van der Waals surface area contributed by atoms with Crippen LogP contribution in [-0.4, -0.2) is 21.1 Å². The number of hydrogen-bond donors (Lipinski definition) is 3. The van der Waals surface area contributed by atoms with Gasteiger partial charge in [-0.05, 0) is 18.2 Å². The zero-order chi connectivity index (χ0) is 13.3. The van der Waals surface area contributed by atoms with Crippen molar-refractivity contribution in [3.05, 3.63) is 52.5 Å². The van der Waals surface area contributed by atoms with E-state index in [1.807, 2.05) is 0 Å². The largest absolute Gasteiger partial charge is 0.507 e. The number of carbonyl (C=O) groups is 1. The number of carbonyl (C=O) groups excluding carboxylic acids is 1. The Morgan fingerprint density at radius 3 is 2.17 bits per heavy atom. The highest BCUT2D eigenvalue weighted by Crippen LogP contribution is 2.34. The van der Waals surface area contributed by atoms with Crippen molar-refractivity contribution in [3.8, 4) is 17.2 Å². The Balaban J connectivity index is 2.53. The second kappa shape index (κ2) is 4.58. The normalized spacial score (nSPS) is 10.3. The van der Waals surface area contributed by atoms with Crippen molar-refractivity contribution in [1.82, 2.24) is 0 Å². The summed E-state index contributed by atoms with van der Waals surface area (Å²) in [6.45, 7) is 0. The fraction of sp³-hybridized carbons (Fsp3) is 0. The predicted octanol–water partition coefficient (Wildman–Crippen LogP) is 2.69. The van der Waals surface area contributed by atoms with E-state index in [0.717, 1.165) is 12.1 Å². The highest BCUT2D eigenvalue weighted by atomic mass is 35.5. The molecule has 0 saturated carbocycles. The lowest BCUT2D eigenvalue weighted by Gasteiger charge is -2.07. The van der Waals surface area contributed by atoms with Gasteiger partial charge in [0.05, 0.1) is 10.6 Å². The smallest absolute Gasteiger partial charge is 0.198 e. The van der Waals surface area contributed by atoms with Gasteiger partial charge in [-0.1, -0.05) is 23.7 Å². The molecule has 92 valence electrons. The zero-order valence-corrected chi connectivity index (χ0v) is 9.85. The molecule has 0 aliphatic carbocycles. The van der Waals surface area contributed by atoms with Crippen molar-refractivity contribution in [2.24, 2.45) is 0 Å². The number of phenolic OH excluding ortho intramolecular Hbond substituents is 3. The number of aromatic hydroxyl groups is 3. The van der Waals surface area contributed by atoms with E-state index in [2.05, 4.69) is 0 Å². The van der Waals surface area contributed by atoms with Crippen LogP contribution in [0.25, 0.3) is 0 Å². The third kappa shape index (κ3) is 2.10. The Hall–Kier alpha value is -2.20. The van der Waals surface area contributed by atoms with E-state index in [0.29, 0.717) is 0 Å². The molecule has 0 unspecified atom stereocenters. The summed E-state index contributed by atoms with van der Waals surface area (Å²) >= 11 is 5.88. The maximum absolute atomic E-state index is 12.1. The van der Waals surface area contributed by atoms with Crippen molar-refractivity contribution in [2.75, 3.05) is 0 Å². The van der Waals surface area contributed by atoms with Gasteiger partial charge in [-0.15, -0.1) is 0 Å². The van der Waals surface area contributed by atoms with E-state index in [4.69, 9.17) is 11.6 Å². The Morgan fingerprint density at radius 1 is 0.889 bits per heavy atom. The molecule has 0 aromatic heterocycles. The lowest BCUT2D eigenvalue weighted by atomic mass is 10.0. The lowest BCUT2D eigenvalue weighted by Crippen LogP contribution is -2.02. The van der Waals surface area contributed by atoms with E-state index in [1.165, 1.54) is 6.07 Å². The predicted molar refractivity (Wildman–Crippen MR) is 66.3 cm³/mol. The number of hydrogen-bond acceptors (Lipinski definition) is 4. The van der Waals surface area contributed by atoms with E-state index in [-0.39, 0.29) is 16.1 Å². The first-order valence-corrected chi connectivity index (χ1v) is 5.42. The molecule has 0 amide bonds. The van der Waals surface area contributed by atoms with Crippen LogP contribution in [0.5, 0.6) is 17.2 Å². The Kier molecular flexibility index (Phi) is 3.12. The fourth-order valence-corrected chi connectivity index (χ4v) is 1.76. The van der Waals surface area contributed by atoms with Gasteiger partial charge in [-0.25, -0.2) is 0 Å². The number of ketones is 1. The minimum atomic E-state index is -0.534. The Bertz CT molecular complexity index is 622. The number of rotatable bonds is 2. The van der Waals surface area contributed by atoms with Crippen LogP contribution in [0.15, 0.2) is 36.4 Å². The van der Waals surface area contributed by atoms with Crippen molar-refractivity contribution >= 4 is 17.4 Å². The molecule has 5 heteroatoms. The molecule has 0 radical (unpaired) electrons. The Labute approximate surface area is 108 Å². The van der Waals surface area contributed by atoms with E-state index < -0.39 is 23.0 Å². The molecule has 4 nitrogen and oxygen atoms in total. The molecule has 0 bridgehead atoms. The number of benzene rings is 2. The van der Waals surface area contributed by atoms with E-state index >= 15 is 0 Å². The first-order valence-electron chi connectivity index (χ1n) is 5.05. The highest BCUT2D eigenvalue weighted by Gasteiger charge is 2.18. The molecule has 0 atom stereocenters. The summed E-state index contributed by atoms with van der Waals surface area (Å²) in [7, 11) is 0. The molecular formula is C13H9ClO4. The van der Waals surface area contributed by atoms with Gasteiger partial charge in [0.25, 0.3) is 0 Å². The average molecular weight is 265 g/mol. The van der Waals surface area contributed by atoms with Crippen LogP contribution in [0.1, 0.15) is 15.9 Å². The quantitative estimate of drug-likeness (QED) is 0.443. The SMILES string of the molecule is O=C(c1cc(O)c(O)cc1O)c1ccccc1Cl. The van der Waals surface area contributed by atoms with Gasteiger partial charge in [0.1, 0.15) is 5.75 Å². The number of halogens is 1. The third-order valence-corrected chi connectivity index (χ3v) is 2.79. The molecule has 0 fully saturated rings. The van der Waals surface area contributed by atoms with Crippen LogP contribution in [0.2, 0.25) is 5.02 Å². The molecule has 3 N–H and O–H groups in total. The van der Waals surface area contributed by atoms with Crippen molar-refractivity contribution in [1.29, 1.82) is 0 Å². The minimum absolute atomic E-state index is 0.126. The molecule has 0 saturated heterocycles. The topological polar surface area (TPSA) is 77.8 Å². The zero-order valence-electron chi connectivity index (χ0n) is 9.09. The second-order valence-corrected chi connectivity index (χ2v) is 4.07. The average Bonchev–Trinajstić information content (AvgIpc) is 2.33.